The molecule has 32 heavy (non-hydrogen) atoms. The van der Waals surface area contributed by atoms with Crippen molar-refractivity contribution in [3.8, 4) is 0 Å². The van der Waals surface area contributed by atoms with E-state index >= 15 is 0 Å². The minimum Gasteiger partial charge on any atom is -0.273 e. The summed E-state index contributed by atoms with van der Waals surface area (Å²) in [6.07, 6.45) is -1.02. The van der Waals surface area contributed by atoms with Gasteiger partial charge in [0.15, 0.2) is 6.10 Å². The maximum atomic E-state index is 13.5. The third kappa shape index (κ3) is 3.21. The van der Waals surface area contributed by atoms with Crippen molar-refractivity contribution < 1.29 is 19.3 Å². The molecule has 0 aromatic heterocycles. The summed E-state index contributed by atoms with van der Waals surface area (Å²) in [6.45, 7) is 0. The fourth-order valence-corrected chi connectivity index (χ4v) is 4.32. The Balaban J connectivity index is 1.55. The van der Waals surface area contributed by atoms with Crippen LogP contribution < -0.4 is 9.96 Å². The van der Waals surface area contributed by atoms with E-state index in [4.69, 9.17) is 16.4 Å². The number of fused-ring (bicyclic) bond motifs is 1. The zero-order valence-electron chi connectivity index (χ0n) is 16.5. The minimum absolute atomic E-state index is 0.126. The Morgan fingerprint density at radius 2 is 1.50 bits per heavy atom. The van der Waals surface area contributed by atoms with Crippen molar-refractivity contribution in [2.45, 2.75) is 12.1 Å². The SMILES string of the molecule is O=C1[C@H]2[C@@H](ON(c3ccccc3)[C@H]2c2ccc(Cl)cc2)C(=O)N1c1ccc([N+](=O)[O-])cc1. The summed E-state index contributed by atoms with van der Waals surface area (Å²) in [6, 6.07) is 21.0. The lowest BCUT2D eigenvalue weighted by molar-refractivity contribution is -0.384. The van der Waals surface area contributed by atoms with Gasteiger partial charge in [-0.15, -0.1) is 0 Å². The normalized spacial score (nSPS) is 22.3. The third-order valence-corrected chi connectivity index (χ3v) is 5.91. The van der Waals surface area contributed by atoms with Gasteiger partial charge in [0.2, 0.25) is 5.91 Å². The first-order valence-corrected chi connectivity index (χ1v) is 10.2. The summed E-state index contributed by atoms with van der Waals surface area (Å²) < 4.78 is 0. The third-order valence-electron chi connectivity index (χ3n) is 5.66. The molecule has 160 valence electrons. The Labute approximate surface area is 187 Å². The van der Waals surface area contributed by atoms with E-state index in [1.165, 1.54) is 24.3 Å². The van der Waals surface area contributed by atoms with Crippen molar-refractivity contribution in [3.63, 3.8) is 0 Å². The molecule has 0 bridgehead atoms. The molecule has 2 heterocycles. The predicted octanol–water partition coefficient (Wildman–Crippen LogP) is 4.30. The van der Waals surface area contributed by atoms with E-state index in [1.54, 1.807) is 29.3 Å². The van der Waals surface area contributed by atoms with Crippen LogP contribution in [0.5, 0.6) is 0 Å². The first-order chi connectivity index (χ1) is 15.5. The molecule has 3 aromatic carbocycles. The van der Waals surface area contributed by atoms with E-state index in [0.717, 1.165) is 10.5 Å². The highest BCUT2D eigenvalue weighted by atomic mass is 35.5. The summed E-state index contributed by atoms with van der Waals surface area (Å²) in [5.74, 6) is -1.72. The fourth-order valence-electron chi connectivity index (χ4n) is 4.19. The van der Waals surface area contributed by atoms with E-state index < -0.39 is 34.8 Å². The lowest BCUT2D eigenvalue weighted by Crippen LogP contribution is -2.37. The second kappa shape index (κ2) is 7.74. The van der Waals surface area contributed by atoms with Crippen molar-refractivity contribution in [2.24, 2.45) is 5.92 Å². The van der Waals surface area contributed by atoms with Crippen LogP contribution in [-0.2, 0) is 14.4 Å². The number of nitrogens with zero attached hydrogens (tertiary/aromatic N) is 3. The van der Waals surface area contributed by atoms with Crippen molar-refractivity contribution in [3.05, 3.63) is 99.6 Å². The van der Waals surface area contributed by atoms with Crippen molar-refractivity contribution in [2.75, 3.05) is 9.96 Å². The average molecular weight is 450 g/mol. The largest absolute Gasteiger partial charge is 0.273 e. The van der Waals surface area contributed by atoms with Crippen LogP contribution in [0.3, 0.4) is 0 Å². The summed E-state index contributed by atoms with van der Waals surface area (Å²) in [7, 11) is 0. The molecular formula is C23H16ClN3O5. The summed E-state index contributed by atoms with van der Waals surface area (Å²) in [5.41, 5.74) is 1.63. The number of hydrogen-bond acceptors (Lipinski definition) is 6. The molecule has 2 fully saturated rings. The maximum Gasteiger partial charge on any atom is 0.269 e. The Bertz CT molecular complexity index is 1200. The van der Waals surface area contributed by atoms with Gasteiger partial charge in [0, 0.05) is 17.2 Å². The van der Waals surface area contributed by atoms with Crippen LogP contribution in [0.1, 0.15) is 11.6 Å². The first-order valence-electron chi connectivity index (χ1n) is 9.84. The summed E-state index contributed by atoms with van der Waals surface area (Å²) in [5, 5.41) is 13.1. The van der Waals surface area contributed by atoms with Gasteiger partial charge in [0.05, 0.1) is 22.3 Å². The highest BCUT2D eigenvalue weighted by molar-refractivity contribution is 6.30. The minimum atomic E-state index is -1.02. The van der Waals surface area contributed by atoms with Crippen LogP contribution in [0.15, 0.2) is 78.9 Å². The van der Waals surface area contributed by atoms with E-state index in [9.17, 15) is 19.7 Å². The first kappa shape index (κ1) is 20.2. The van der Waals surface area contributed by atoms with Crippen LogP contribution in [0.25, 0.3) is 0 Å². The number of nitro groups is 1. The van der Waals surface area contributed by atoms with Gasteiger partial charge in [0.1, 0.15) is 5.92 Å². The van der Waals surface area contributed by atoms with Crippen LogP contribution in [0.4, 0.5) is 17.1 Å². The second-order valence-corrected chi connectivity index (χ2v) is 7.93. The summed E-state index contributed by atoms with van der Waals surface area (Å²) >= 11 is 6.05. The highest BCUT2D eigenvalue weighted by Gasteiger charge is 2.60. The van der Waals surface area contributed by atoms with Gasteiger partial charge >= 0.3 is 0 Å². The number of halogens is 1. The number of hydrogen-bond donors (Lipinski definition) is 0. The number of amides is 2. The molecule has 2 saturated heterocycles. The molecule has 2 aliphatic rings. The number of para-hydroxylation sites is 1. The fraction of sp³-hybridized carbons (Fsp3) is 0.130. The van der Waals surface area contributed by atoms with E-state index in [1.807, 2.05) is 30.3 Å². The van der Waals surface area contributed by atoms with Gasteiger partial charge in [-0.25, -0.2) is 9.96 Å². The van der Waals surface area contributed by atoms with Crippen molar-refractivity contribution in [1.82, 2.24) is 0 Å². The van der Waals surface area contributed by atoms with E-state index in [0.29, 0.717) is 10.7 Å². The van der Waals surface area contributed by atoms with Gasteiger partial charge in [0.25, 0.3) is 11.6 Å². The predicted molar refractivity (Wildman–Crippen MR) is 117 cm³/mol. The number of non-ortho nitro benzene ring substituents is 1. The van der Waals surface area contributed by atoms with E-state index in [-0.39, 0.29) is 11.4 Å². The molecule has 0 N–H and O–H groups in total. The molecule has 3 aromatic rings. The lowest BCUT2D eigenvalue weighted by atomic mass is 9.90. The van der Waals surface area contributed by atoms with Gasteiger partial charge in [-0.3, -0.25) is 24.5 Å². The van der Waals surface area contributed by atoms with Gasteiger partial charge in [-0.1, -0.05) is 41.9 Å². The van der Waals surface area contributed by atoms with Gasteiger partial charge < -0.3 is 0 Å². The monoisotopic (exact) mass is 449 g/mol. The van der Waals surface area contributed by atoms with E-state index in [2.05, 4.69) is 0 Å². The van der Waals surface area contributed by atoms with Crippen LogP contribution in [0, 0.1) is 16.0 Å². The van der Waals surface area contributed by atoms with Crippen LogP contribution in [-0.4, -0.2) is 22.8 Å². The number of hydroxylamine groups is 1. The number of carbonyl (C=O) groups excluding carboxylic acids is 2. The number of rotatable bonds is 4. The second-order valence-electron chi connectivity index (χ2n) is 7.49. The Morgan fingerprint density at radius 1 is 0.844 bits per heavy atom. The van der Waals surface area contributed by atoms with Crippen molar-refractivity contribution in [1.29, 1.82) is 0 Å². The molecule has 0 spiro atoms. The maximum absolute atomic E-state index is 13.5. The number of carbonyl (C=O) groups is 2. The zero-order valence-corrected chi connectivity index (χ0v) is 17.3. The van der Waals surface area contributed by atoms with Crippen LogP contribution >= 0.6 is 11.6 Å². The summed E-state index contributed by atoms with van der Waals surface area (Å²) in [4.78, 5) is 44.2. The molecule has 0 unspecified atom stereocenters. The zero-order chi connectivity index (χ0) is 22.4. The molecule has 2 aliphatic heterocycles. The topological polar surface area (TPSA) is 93.0 Å². The molecule has 9 heteroatoms. The smallest absolute Gasteiger partial charge is 0.269 e. The molecule has 2 amide bonds. The quantitative estimate of drug-likeness (QED) is 0.335. The molecular weight excluding hydrogens is 434 g/mol. The number of nitro benzene ring substituents is 1. The Kier molecular flexibility index (Phi) is 4.88. The molecule has 0 aliphatic carbocycles. The van der Waals surface area contributed by atoms with Gasteiger partial charge in [-0.2, -0.15) is 0 Å². The number of anilines is 2. The molecule has 3 atom stereocenters. The molecule has 0 radical (unpaired) electrons. The average Bonchev–Trinajstić information content (AvgIpc) is 3.31. The number of imide groups is 1. The Morgan fingerprint density at radius 3 is 2.12 bits per heavy atom. The highest BCUT2D eigenvalue weighted by Crippen LogP contribution is 2.47. The van der Waals surface area contributed by atoms with Gasteiger partial charge in [-0.05, 0) is 42.0 Å². The van der Waals surface area contributed by atoms with Crippen molar-refractivity contribution >= 4 is 40.5 Å². The number of benzene rings is 3. The molecule has 8 nitrogen and oxygen atoms in total. The molecule has 5 rings (SSSR count). The standard InChI is InChI=1S/C23H16ClN3O5/c24-15-8-6-14(7-9-15)20-19-21(32-26(20)17-4-2-1-3-5-17)23(29)25(22(19)28)16-10-12-18(13-11-16)27(30)31/h1-13,19-21H/t19-,20+,21-/m1/s1. The van der Waals surface area contributed by atoms with Crippen LogP contribution in [0.2, 0.25) is 5.02 Å². The molecule has 0 saturated carbocycles. The lowest BCUT2D eigenvalue weighted by Gasteiger charge is -2.28. The Hall–Kier alpha value is -3.75.